The van der Waals surface area contributed by atoms with Crippen LogP contribution in [0, 0.1) is 6.92 Å². The van der Waals surface area contributed by atoms with Crippen LogP contribution >= 0.6 is 11.3 Å². The molecule has 0 saturated carbocycles. The number of amides is 1. The summed E-state index contributed by atoms with van der Waals surface area (Å²) in [5.74, 6) is -0.244. The molecule has 2 saturated heterocycles. The molecule has 2 fully saturated rings. The quantitative estimate of drug-likeness (QED) is 0.642. The van der Waals surface area contributed by atoms with Crippen molar-refractivity contribution in [3.8, 4) is 0 Å². The molecule has 2 atom stereocenters. The number of carbonyl (C=O) groups is 1. The van der Waals surface area contributed by atoms with E-state index >= 15 is 0 Å². The highest BCUT2D eigenvalue weighted by molar-refractivity contribution is 7.89. The van der Waals surface area contributed by atoms with E-state index in [4.69, 9.17) is 4.74 Å². The van der Waals surface area contributed by atoms with Gasteiger partial charge in [0.15, 0.2) is 0 Å². The van der Waals surface area contributed by atoms with Crippen molar-refractivity contribution in [1.29, 1.82) is 0 Å². The van der Waals surface area contributed by atoms with Crippen LogP contribution < -0.4 is 5.32 Å². The number of aryl methyl sites for hydroxylation is 1. The normalized spacial score (nSPS) is 21.6. The fraction of sp³-hybridized carbons (Fsp3) is 0.542. The van der Waals surface area contributed by atoms with Crippen molar-refractivity contribution in [1.82, 2.24) is 14.5 Å². The third kappa shape index (κ3) is 5.49. The Hall–Kier alpha value is -1.78. The highest BCUT2D eigenvalue weighted by Crippen LogP contribution is 2.28. The molecule has 2 aliphatic heterocycles. The molecule has 0 aliphatic carbocycles. The van der Waals surface area contributed by atoms with Crippen molar-refractivity contribution in [2.75, 3.05) is 39.4 Å². The summed E-state index contributed by atoms with van der Waals surface area (Å²) in [5, 5.41) is 5.12. The second-order valence-corrected chi connectivity index (χ2v) is 11.7. The molecule has 0 radical (unpaired) electrons. The molecular weight excluding hydrogens is 458 g/mol. The number of ether oxygens (including phenoxy) is 1. The molecule has 0 unspecified atom stereocenters. The van der Waals surface area contributed by atoms with E-state index in [1.807, 2.05) is 25.3 Å². The van der Waals surface area contributed by atoms with Crippen LogP contribution in [0.5, 0.6) is 0 Å². The Labute approximate surface area is 200 Å². The van der Waals surface area contributed by atoms with Gasteiger partial charge in [-0.1, -0.05) is 18.6 Å². The average molecular weight is 492 g/mol. The van der Waals surface area contributed by atoms with Crippen LogP contribution in [0.3, 0.4) is 0 Å². The molecule has 3 heterocycles. The number of piperidine rings is 1. The van der Waals surface area contributed by atoms with Crippen LogP contribution in [0.2, 0.25) is 0 Å². The number of morpholine rings is 1. The van der Waals surface area contributed by atoms with Gasteiger partial charge in [-0.15, -0.1) is 11.3 Å². The Kier molecular flexibility index (Phi) is 7.86. The lowest BCUT2D eigenvalue weighted by Gasteiger charge is -2.34. The number of thiophene rings is 1. The second-order valence-electron chi connectivity index (χ2n) is 8.83. The number of benzene rings is 1. The summed E-state index contributed by atoms with van der Waals surface area (Å²) in [6.07, 6.45) is 2.78. The lowest BCUT2D eigenvalue weighted by Crippen LogP contribution is -2.43. The van der Waals surface area contributed by atoms with Crippen molar-refractivity contribution < 1.29 is 17.9 Å². The van der Waals surface area contributed by atoms with Crippen molar-refractivity contribution in [3.05, 3.63) is 51.7 Å². The zero-order chi connectivity index (χ0) is 23.4. The Morgan fingerprint density at radius 1 is 1.21 bits per heavy atom. The fourth-order valence-corrected chi connectivity index (χ4v) is 7.22. The van der Waals surface area contributed by atoms with Gasteiger partial charge < -0.3 is 10.1 Å². The molecule has 0 bridgehead atoms. The van der Waals surface area contributed by atoms with Crippen LogP contribution in [0.15, 0.2) is 40.6 Å². The van der Waals surface area contributed by atoms with Gasteiger partial charge in [0.1, 0.15) is 0 Å². The Morgan fingerprint density at radius 2 is 2.00 bits per heavy atom. The molecule has 33 heavy (non-hydrogen) atoms. The van der Waals surface area contributed by atoms with Gasteiger partial charge >= 0.3 is 0 Å². The second kappa shape index (κ2) is 10.7. The number of carbonyl (C=O) groups excluding carboxylic acids is 1. The Balaban J connectivity index is 1.52. The minimum Gasteiger partial charge on any atom is -0.379 e. The van der Waals surface area contributed by atoms with Gasteiger partial charge in [0.2, 0.25) is 10.0 Å². The largest absolute Gasteiger partial charge is 0.379 e. The number of hydrogen-bond donors (Lipinski definition) is 1. The zero-order valence-electron chi connectivity index (χ0n) is 19.3. The van der Waals surface area contributed by atoms with Gasteiger partial charge in [-0.05, 0) is 55.8 Å². The van der Waals surface area contributed by atoms with Crippen molar-refractivity contribution in [2.45, 2.75) is 50.1 Å². The van der Waals surface area contributed by atoms with Gasteiger partial charge in [-0.25, -0.2) is 8.42 Å². The predicted molar refractivity (Wildman–Crippen MR) is 130 cm³/mol. The van der Waals surface area contributed by atoms with Crippen LogP contribution in [-0.4, -0.2) is 69.0 Å². The smallest absolute Gasteiger partial charge is 0.251 e. The third-order valence-electron chi connectivity index (χ3n) is 6.62. The molecule has 0 spiro atoms. The van der Waals surface area contributed by atoms with E-state index in [0.717, 1.165) is 37.9 Å². The molecule has 1 aromatic carbocycles. The summed E-state index contributed by atoms with van der Waals surface area (Å²) in [7, 11) is -3.63. The standard InChI is InChI=1S/C24H33N3O4S2/c1-18-8-9-20(33(29,30)27-10-4-3-6-19(27)2)16-21(18)24(28)25-17-22(23-7-5-15-32-23)26-11-13-31-14-12-26/h5,7-9,15-16,19,22H,3-4,6,10-14,17H2,1-2H3,(H,25,28)/t19-,22-/m0/s1. The topological polar surface area (TPSA) is 79.0 Å². The van der Waals surface area contributed by atoms with Crippen LogP contribution in [0.25, 0.3) is 0 Å². The van der Waals surface area contributed by atoms with E-state index in [1.54, 1.807) is 27.8 Å². The van der Waals surface area contributed by atoms with Gasteiger partial charge in [0.05, 0.1) is 24.2 Å². The minimum atomic E-state index is -3.63. The van der Waals surface area contributed by atoms with Crippen LogP contribution in [-0.2, 0) is 14.8 Å². The fourth-order valence-electron chi connectivity index (χ4n) is 4.63. The molecule has 1 amide bonds. The van der Waals surface area contributed by atoms with Crippen LogP contribution in [0.4, 0.5) is 0 Å². The van der Waals surface area contributed by atoms with E-state index in [1.165, 1.54) is 10.9 Å². The monoisotopic (exact) mass is 491 g/mol. The lowest BCUT2D eigenvalue weighted by molar-refractivity contribution is 0.0169. The van der Waals surface area contributed by atoms with Gasteiger partial charge in [0, 0.05) is 42.7 Å². The number of nitrogens with one attached hydrogen (secondary N) is 1. The molecule has 7 nitrogen and oxygen atoms in total. The molecule has 2 aliphatic rings. The van der Waals surface area contributed by atoms with E-state index in [2.05, 4.69) is 16.3 Å². The molecule has 9 heteroatoms. The number of nitrogens with zero attached hydrogens (tertiary/aromatic N) is 2. The number of sulfonamides is 1. The summed E-state index contributed by atoms with van der Waals surface area (Å²) >= 11 is 1.68. The Bertz CT molecular complexity index is 1050. The number of hydrogen-bond acceptors (Lipinski definition) is 6. The predicted octanol–water partition coefficient (Wildman–Crippen LogP) is 3.42. The van der Waals surface area contributed by atoms with Gasteiger partial charge in [-0.3, -0.25) is 9.69 Å². The first-order valence-corrected chi connectivity index (χ1v) is 14.0. The average Bonchev–Trinajstić information content (AvgIpc) is 3.35. The summed E-state index contributed by atoms with van der Waals surface area (Å²) in [5.41, 5.74) is 1.17. The third-order valence-corrected chi connectivity index (χ3v) is 9.60. The summed E-state index contributed by atoms with van der Waals surface area (Å²) in [6.45, 7) is 7.79. The minimum absolute atomic E-state index is 0.0255. The first kappa shape index (κ1) is 24.3. The summed E-state index contributed by atoms with van der Waals surface area (Å²) in [6, 6.07) is 9.04. The SMILES string of the molecule is Cc1ccc(S(=O)(=O)N2CCCC[C@@H]2C)cc1C(=O)NC[C@@H](c1cccs1)N1CCOCC1. The molecular formula is C24H33N3O4S2. The van der Waals surface area contributed by atoms with Crippen LogP contribution in [0.1, 0.15) is 53.0 Å². The van der Waals surface area contributed by atoms with Gasteiger partial charge in [-0.2, -0.15) is 4.31 Å². The lowest BCUT2D eigenvalue weighted by atomic mass is 10.1. The molecule has 1 aromatic heterocycles. The molecule has 1 N–H and O–H groups in total. The van der Waals surface area contributed by atoms with E-state index in [9.17, 15) is 13.2 Å². The van der Waals surface area contributed by atoms with E-state index < -0.39 is 10.0 Å². The van der Waals surface area contributed by atoms with E-state index in [0.29, 0.717) is 31.9 Å². The van der Waals surface area contributed by atoms with Crippen molar-refractivity contribution in [3.63, 3.8) is 0 Å². The van der Waals surface area contributed by atoms with Crippen molar-refractivity contribution in [2.24, 2.45) is 0 Å². The first-order valence-electron chi connectivity index (χ1n) is 11.6. The number of rotatable bonds is 7. The maximum atomic E-state index is 13.3. The molecule has 180 valence electrons. The first-order chi connectivity index (χ1) is 15.9. The maximum absolute atomic E-state index is 13.3. The summed E-state index contributed by atoms with van der Waals surface area (Å²) < 4.78 is 33.6. The molecule has 4 rings (SSSR count). The van der Waals surface area contributed by atoms with E-state index in [-0.39, 0.29) is 22.9 Å². The maximum Gasteiger partial charge on any atom is 0.251 e. The van der Waals surface area contributed by atoms with Gasteiger partial charge in [0.25, 0.3) is 5.91 Å². The summed E-state index contributed by atoms with van der Waals surface area (Å²) in [4.78, 5) is 16.9. The highest BCUT2D eigenvalue weighted by atomic mass is 32.2. The highest BCUT2D eigenvalue weighted by Gasteiger charge is 2.32. The zero-order valence-corrected chi connectivity index (χ0v) is 21.0. The molecule has 2 aromatic rings. The Morgan fingerprint density at radius 3 is 2.70 bits per heavy atom. The van der Waals surface area contributed by atoms with Crippen molar-refractivity contribution >= 4 is 27.3 Å².